The number of hydrogen-bond acceptors (Lipinski definition) is 4. The lowest BCUT2D eigenvalue weighted by Crippen LogP contribution is -2.19. The Morgan fingerprint density at radius 2 is 2.11 bits per heavy atom. The number of rotatable bonds is 5. The molecule has 0 radical (unpaired) electrons. The highest BCUT2D eigenvalue weighted by molar-refractivity contribution is 7.09. The van der Waals surface area contributed by atoms with Crippen LogP contribution in [0.3, 0.4) is 0 Å². The number of nitrogens with zero attached hydrogens (tertiary/aromatic N) is 2. The summed E-state index contributed by atoms with van der Waals surface area (Å²) in [5.41, 5.74) is 10.7. The van der Waals surface area contributed by atoms with Gasteiger partial charge in [0.25, 0.3) is 0 Å². The average molecular weight is 275 g/mol. The van der Waals surface area contributed by atoms with Gasteiger partial charge in [-0.1, -0.05) is 17.7 Å². The highest BCUT2D eigenvalue weighted by atomic mass is 32.1. The van der Waals surface area contributed by atoms with E-state index < -0.39 is 0 Å². The molecule has 0 amide bonds. The van der Waals surface area contributed by atoms with Crippen LogP contribution in [0.1, 0.15) is 21.8 Å². The van der Waals surface area contributed by atoms with Gasteiger partial charge >= 0.3 is 0 Å². The van der Waals surface area contributed by atoms with E-state index >= 15 is 0 Å². The first kappa shape index (κ1) is 14.0. The van der Waals surface area contributed by atoms with Gasteiger partial charge in [0.1, 0.15) is 0 Å². The van der Waals surface area contributed by atoms with Crippen LogP contribution in [0.2, 0.25) is 0 Å². The van der Waals surface area contributed by atoms with Gasteiger partial charge in [-0.05, 0) is 38.4 Å². The lowest BCUT2D eigenvalue weighted by atomic mass is 10.1. The molecule has 19 heavy (non-hydrogen) atoms. The van der Waals surface area contributed by atoms with Crippen LogP contribution in [0.25, 0.3) is 0 Å². The van der Waals surface area contributed by atoms with Gasteiger partial charge in [-0.3, -0.25) is 0 Å². The molecule has 0 aliphatic carbocycles. The smallest absolute Gasteiger partial charge is 0.0898 e. The third-order valence-electron chi connectivity index (χ3n) is 3.13. The Morgan fingerprint density at radius 3 is 2.74 bits per heavy atom. The minimum Gasteiger partial charge on any atom is -0.368 e. The molecule has 102 valence electrons. The van der Waals surface area contributed by atoms with Gasteiger partial charge in [-0.2, -0.15) is 0 Å². The van der Waals surface area contributed by atoms with E-state index in [0.717, 1.165) is 23.7 Å². The van der Waals surface area contributed by atoms with Crippen LogP contribution in [-0.4, -0.2) is 18.6 Å². The molecular formula is C15H21N3S. The number of aryl methyl sites for hydroxylation is 2. The molecular weight excluding hydrogens is 254 g/mol. The molecule has 1 heterocycles. The molecule has 0 aliphatic rings. The van der Waals surface area contributed by atoms with Gasteiger partial charge < -0.3 is 10.6 Å². The van der Waals surface area contributed by atoms with Crippen LogP contribution >= 0.6 is 11.3 Å². The Labute approximate surface area is 119 Å². The van der Waals surface area contributed by atoms with E-state index in [1.807, 2.05) is 6.92 Å². The quantitative estimate of drug-likeness (QED) is 0.912. The summed E-state index contributed by atoms with van der Waals surface area (Å²) in [5.74, 6) is 0. The van der Waals surface area contributed by atoms with Crippen LogP contribution in [0, 0.1) is 13.8 Å². The standard InChI is InChI=1S/C15H21N3S/c1-11-4-5-15(13(8-11)6-7-16)18(3)9-14-10-19-12(2)17-14/h4-5,8,10H,6-7,9,16H2,1-3H3. The van der Waals surface area contributed by atoms with E-state index in [4.69, 9.17) is 5.73 Å². The average Bonchev–Trinajstić information content (AvgIpc) is 2.75. The first-order valence-electron chi connectivity index (χ1n) is 6.52. The van der Waals surface area contributed by atoms with Crippen LogP contribution < -0.4 is 10.6 Å². The van der Waals surface area contributed by atoms with Crippen LogP contribution in [0.4, 0.5) is 5.69 Å². The predicted molar refractivity (Wildman–Crippen MR) is 82.9 cm³/mol. The van der Waals surface area contributed by atoms with E-state index in [0.29, 0.717) is 6.54 Å². The predicted octanol–water partition coefficient (Wildman–Crippen LogP) is 2.90. The maximum absolute atomic E-state index is 5.71. The number of nitrogens with two attached hydrogens (primary N) is 1. The highest BCUT2D eigenvalue weighted by Gasteiger charge is 2.09. The van der Waals surface area contributed by atoms with Crippen LogP contribution in [0.15, 0.2) is 23.6 Å². The zero-order chi connectivity index (χ0) is 13.8. The highest BCUT2D eigenvalue weighted by Crippen LogP contribution is 2.23. The fourth-order valence-corrected chi connectivity index (χ4v) is 2.86. The van der Waals surface area contributed by atoms with E-state index in [-0.39, 0.29) is 0 Å². The topological polar surface area (TPSA) is 42.2 Å². The molecule has 4 heteroatoms. The molecule has 2 aromatic rings. The van der Waals surface area contributed by atoms with Crippen molar-refractivity contribution in [1.29, 1.82) is 0 Å². The molecule has 0 saturated heterocycles. The zero-order valence-corrected chi connectivity index (χ0v) is 12.6. The second-order valence-corrected chi connectivity index (χ2v) is 5.95. The maximum Gasteiger partial charge on any atom is 0.0898 e. The summed E-state index contributed by atoms with van der Waals surface area (Å²) in [6, 6.07) is 6.56. The van der Waals surface area contributed by atoms with Crippen molar-refractivity contribution in [2.75, 3.05) is 18.5 Å². The fraction of sp³-hybridized carbons (Fsp3) is 0.400. The molecule has 0 unspecified atom stereocenters. The van der Waals surface area contributed by atoms with Crippen LogP contribution in [-0.2, 0) is 13.0 Å². The van der Waals surface area contributed by atoms with Gasteiger partial charge in [-0.25, -0.2) is 4.98 Å². The van der Waals surface area contributed by atoms with Gasteiger partial charge in [0.05, 0.1) is 17.2 Å². The zero-order valence-electron chi connectivity index (χ0n) is 11.8. The van der Waals surface area contributed by atoms with E-state index in [2.05, 4.69) is 47.4 Å². The number of thiazole rings is 1. The normalized spacial score (nSPS) is 10.7. The summed E-state index contributed by atoms with van der Waals surface area (Å²) in [6.45, 7) is 5.68. The Morgan fingerprint density at radius 1 is 1.32 bits per heavy atom. The van der Waals surface area contributed by atoms with Crippen molar-refractivity contribution in [1.82, 2.24) is 4.98 Å². The van der Waals surface area contributed by atoms with E-state index in [1.165, 1.54) is 16.8 Å². The van der Waals surface area contributed by atoms with Crippen molar-refractivity contribution >= 4 is 17.0 Å². The Kier molecular flexibility index (Phi) is 4.56. The van der Waals surface area contributed by atoms with Gasteiger partial charge in [0.15, 0.2) is 0 Å². The summed E-state index contributed by atoms with van der Waals surface area (Å²) in [7, 11) is 2.11. The number of benzene rings is 1. The summed E-state index contributed by atoms with van der Waals surface area (Å²) in [4.78, 5) is 6.77. The van der Waals surface area contributed by atoms with E-state index in [1.54, 1.807) is 11.3 Å². The lowest BCUT2D eigenvalue weighted by molar-refractivity contribution is 0.869. The molecule has 0 saturated carbocycles. The molecule has 3 nitrogen and oxygen atoms in total. The number of hydrogen-bond donors (Lipinski definition) is 1. The lowest BCUT2D eigenvalue weighted by Gasteiger charge is -2.22. The SMILES string of the molecule is Cc1ccc(N(C)Cc2csc(C)n2)c(CCN)c1. The van der Waals surface area contributed by atoms with Crippen molar-refractivity contribution in [3.8, 4) is 0 Å². The van der Waals surface area contributed by atoms with Crippen molar-refractivity contribution in [2.24, 2.45) is 5.73 Å². The minimum absolute atomic E-state index is 0.681. The van der Waals surface area contributed by atoms with Crippen molar-refractivity contribution in [2.45, 2.75) is 26.8 Å². The third kappa shape index (κ3) is 3.55. The molecule has 0 atom stereocenters. The van der Waals surface area contributed by atoms with E-state index in [9.17, 15) is 0 Å². The van der Waals surface area contributed by atoms with Crippen molar-refractivity contribution < 1.29 is 0 Å². The summed E-state index contributed by atoms with van der Waals surface area (Å²) in [5, 5.41) is 3.25. The largest absolute Gasteiger partial charge is 0.368 e. The van der Waals surface area contributed by atoms with Gasteiger partial charge in [0.2, 0.25) is 0 Å². The Bertz CT molecular complexity index is 548. The number of aromatic nitrogens is 1. The Hall–Kier alpha value is -1.39. The molecule has 0 spiro atoms. The summed E-state index contributed by atoms with van der Waals surface area (Å²) >= 11 is 1.70. The third-order valence-corrected chi connectivity index (χ3v) is 3.95. The monoisotopic (exact) mass is 275 g/mol. The Balaban J connectivity index is 2.20. The van der Waals surface area contributed by atoms with Crippen molar-refractivity contribution in [3.63, 3.8) is 0 Å². The van der Waals surface area contributed by atoms with Gasteiger partial charge in [-0.15, -0.1) is 11.3 Å². The number of anilines is 1. The molecule has 2 rings (SSSR count). The minimum atomic E-state index is 0.681. The molecule has 0 bridgehead atoms. The first-order chi connectivity index (χ1) is 9.10. The molecule has 1 aromatic carbocycles. The second-order valence-electron chi connectivity index (χ2n) is 4.88. The fourth-order valence-electron chi connectivity index (χ4n) is 2.25. The summed E-state index contributed by atoms with van der Waals surface area (Å²) in [6.07, 6.45) is 0.914. The van der Waals surface area contributed by atoms with Gasteiger partial charge in [0, 0.05) is 18.1 Å². The van der Waals surface area contributed by atoms with Crippen LogP contribution in [0.5, 0.6) is 0 Å². The van der Waals surface area contributed by atoms with Crippen molar-refractivity contribution in [3.05, 3.63) is 45.4 Å². The summed E-state index contributed by atoms with van der Waals surface area (Å²) < 4.78 is 0. The molecule has 1 aromatic heterocycles. The maximum atomic E-state index is 5.71. The molecule has 0 aliphatic heterocycles. The molecule has 0 fully saturated rings. The second kappa shape index (κ2) is 6.17. The first-order valence-corrected chi connectivity index (χ1v) is 7.40. The molecule has 2 N–H and O–H groups in total.